The normalized spacial score (nSPS) is 16.2. The lowest BCUT2D eigenvalue weighted by molar-refractivity contribution is 0.264. The van der Waals surface area contributed by atoms with Crippen molar-refractivity contribution in [3.63, 3.8) is 0 Å². The summed E-state index contributed by atoms with van der Waals surface area (Å²) in [5.41, 5.74) is 0.935. The largest absolute Gasteiger partial charge is 0.444 e. The molecule has 0 bridgehead atoms. The van der Waals surface area contributed by atoms with Crippen LogP contribution in [0, 0.1) is 19.8 Å². The molecule has 1 heterocycles. The minimum Gasteiger partial charge on any atom is -0.444 e. The van der Waals surface area contributed by atoms with Crippen LogP contribution >= 0.6 is 24.0 Å². The van der Waals surface area contributed by atoms with Crippen LogP contribution in [0.25, 0.3) is 0 Å². The van der Waals surface area contributed by atoms with Gasteiger partial charge in [0.05, 0.1) is 5.69 Å². The van der Waals surface area contributed by atoms with Gasteiger partial charge in [0.1, 0.15) is 12.3 Å². The predicted molar refractivity (Wildman–Crippen MR) is 104 cm³/mol. The number of halogens is 1. The van der Waals surface area contributed by atoms with Gasteiger partial charge in [-0.2, -0.15) is 0 Å². The minimum absolute atomic E-state index is 0. The molecule has 1 fully saturated rings. The van der Waals surface area contributed by atoms with Crippen molar-refractivity contribution in [1.82, 2.24) is 20.5 Å². The summed E-state index contributed by atoms with van der Waals surface area (Å²) in [5, 5.41) is 6.72. The summed E-state index contributed by atoms with van der Waals surface area (Å²) in [6.45, 7) is 8.16. The first-order valence-corrected chi connectivity index (χ1v) is 8.12. The lowest BCUT2D eigenvalue weighted by atomic mass is 10.1. The van der Waals surface area contributed by atoms with E-state index in [2.05, 4.69) is 46.5 Å². The number of likely N-dealkylation sites (N-methyl/N-ethyl adjacent to an activating group) is 1. The third-order valence-corrected chi connectivity index (χ3v) is 4.10. The molecule has 1 aliphatic rings. The van der Waals surface area contributed by atoms with Gasteiger partial charge in [-0.3, -0.25) is 0 Å². The molecule has 0 spiro atoms. The molecule has 1 saturated carbocycles. The van der Waals surface area contributed by atoms with Crippen LogP contribution in [0.15, 0.2) is 9.41 Å². The topological polar surface area (TPSA) is 65.7 Å². The molecule has 0 saturated heterocycles. The standard InChI is InChI=1S/C16H29N5O.HI/c1-6-17-16(18-9-14(21(4)5)13-7-8-13)19-10-15-20-11(2)12(3)22-15;/h13-14H,6-10H2,1-5H3,(H2,17,18,19);1H. The Morgan fingerprint density at radius 1 is 1.35 bits per heavy atom. The SMILES string of the molecule is CCNC(=NCc1nc(C)c(C)o1)NCC(C1CC1)N(C)C.I. The van der Waals surface area contributed by atoms with Gasteiger partial charge in [-0.1, -0.05) is 0 Å². The van der Waals surface area contributed by atoms with Gasteiger partial charge in [0.15, 0.2) is 5.96 Å². The third kappa shape index (κ3) is 6.29. The van der Waals surface area contributed by atoms with E-state index in [0.29, 0.717) is 18.5 Å². The van der Waals surface area contributed by atoms with Crippen molar-refractivity contribution in [2.75, 3.05) is 27.2 Å². The summed E-state index contributed by atoms with van der Waals surface area (Å²) in [5.74, 6) is 3.18. The summed E-state index contributed by atoms with van der Waals surface area (Å²) in [6.07, 6.45) is 2.68. The molecule has 0 aromatic carbocycles. The van der Waals surface area contributed by atoms with Crippen LogP contribution in [0.2, 0.25) is 0 Å². The van der Waals surface area contributed by atoms with E-state index in [0.717, 1.165) is 36.4 Å². The summed E-state index contributed by atoms with van der Waals surface area (Å²) < 4.78 is 5.57. The Kier molecular flexibility index (Phi) is 8.32. The molecular formula is C16H30IN5O. The van der Waals surface area contributed by atoms with Gasteiger partial charge in [-0.25, -0.2) is 9.98 Å². The number of aromatic nitrogens is 1. The maximum Gasteiger partial charge on any atom is 0.216 e. The van der Waals surface area contributed by atoms with E-state index in [1.807, 2.05) is 13.8 Å². The van der Waals surface area contributed by atoms with Gasteiger partial charge in [0.2, 0.25) is 5.89 Å². The Morgan fingerprint density at radius 3 is 2.52 bits per heavy atom. The molecule has 1 atom stereocenters. The Hall–Kier alpha value is -0.830. The number of hydrogen-bond donors (Lipinski definition) is 2. The van der Waals surface area contributed by atoms with Gasteiger partial charge in [-0.05, 0) is 53.6 Å². The Labute approximate surface area is 156 Å². The highest BCUT2D eigenvalue weighted by Gasteiger charge is 2.32. The van der Waals surface area contributed by atoms with Crippen LogP contribution in [-0.4, -0.2) is 49.1 Å². The molecule has 7 heteroatoms. The lowest BCUT2D eigenvalue weighted by Gasteiger charge is -2.25. The maximum absolute atomic E-state index is 5.57. The van der Waals surface area contributed by atoms with Crippen molar-refractivity contribution >= 4 is 29.9 Å². The molecule has 23 heavy (non-hydrogen) atoms. The van der Waals surface area contributed by atoms with Crippen molar-refractivity contribution in [3.8, 4) is 0 Å². The quantitative estimate of drug-likeness (QED) is 0.391. The third-order valence-electron chi connectivity index (χ3n) is 4.10. The molecule has 2 rings (SSSR count). The van der Waals surface area contributed by atoms with Crippen molar-refractivity contribution in [2.45, 2.75) is 46.2 Å². The molecule has 6 nitrogen and oxygen atoms in total. The van der Waals surface area contributed by atoms with Gasteiger partial charge < -0.3 is 20.0 Å². The smallest absolute Gasteiger partial charge is 0.216 e. The van der Waals surface area contributed by atoms with Crippen molar-refractivity contribution in [2.24, 2.45) is 10.9 Å². The zero-order valence-electron chi connectivity index (χ0n) is 14.8. The highest BCUT2D eigenvalue weighted by Crippen LogP contribution is 2.34. The summed E-state index contributed by atoms with van der Waals surface area (Å²) in [6, 6.07) is 0.565. The number of oxazole rings is 1. The van der Waals surface area contributed by atoms with Crippen LogP contribution in [0.4, 0.5) is 0 Å². The van der Waals surface area contributed by atoms with Crippen molar-refractivity contribution in [1.29, 1.82) is 0 Å². The molecule has 0 aliphatic heterocycles. The van der Waals surface area contributed by atoms with E-state index in [1.165, 1.54) is 12.8 Å². The molecule has 2 N–H and O–H groups in total. The van der Waals surface area contributed by atoms with Gasteiger partial charge in [0.25, 0.3) is 0 Å². The Bertz CT molecular complexity index is 489. The molecule has 1 aromatic rings. The average Bonchev–Trinajstić information content (AvgIpc) is 3.23. The lowest BCUT2D eigenvalue weighted by Crippen LogP contribution is -2.46. The fourth-order valence-corrected chi connectivity index (χ4v) is 2.55. The van der Waals surface area contributed by atoms with Crippen LogP contribution < -0.4 is 10.6 Å². The predicted octanol–water partition coefficient (Wildman–Crippen LogP) is 2.30. The number of guanidine groups is 1. The molecule has 1 unspecified atom stereocenters. The monoisotopic (exact) mass is 435 g/mol. The number of rotatable bonds is 7. The second-order valence-electron chi connectivity index (χ2n) is 6.19. The molecule has 1 aromatic heterocycles. The van der Waals surface area contributed by atoms with Gasteiger partial charge in [-0.15, -0.1) is 24.0 Å². The zero-order chi connectivity index (χ0) is 16.1. The number of nitrogens with zero attached hydrogens (tertiary/aromatic N) is 3. The van der Waals surface area contributed by atoms with E-state index in [1.54, 1.807) is 0 Å². The van der Waals surface area contributed by atoms with Gasteiger partial charge in [0, 0.05) is 19.1 Å². The van der Waals surface area contributed by atoms with E-state index in [9.17, 15) is 0 Å². The first kappa shape index (κ1) is 20.2. The molecule has 0 radical (unpaired) electrons. The van der Waals surface area contributed by atoms with Crippen LogP contribution in [0.1, 0.15) is 37.1 Å². The summed E-state index contributed by atoms with van der Waals surface area (Å²) in [4.78, 5) is 11.2. The van der Waals surface area contributed by atoms with E-state index in [-0.39, 0.29) is 24.0 Å². The van der Waals surface area contributed by atoms with Crippen LogP contribution in [-0.2, 0) is 6.54 Å². The van der Waals surface area contributed by atoms with E-state index < -0.39 is 0 Å². The van der Waals surface area contributed by atoms with Crippen molar-refractivity contribution < 1.29 is 4.42 Å². The number of aliphatic imine (C=N–C) groups is 1. The Balaban J connectivity index is 0.00000264. The second kappa shape index (κ2) is 9.46. The van der Waals surface area contributed by atoms with Crippen molar-refractivity contribution in [3.05, 3.63) is 17.3 Å². The van der Waals surface area contributed by atoms with E-state index >= 15 is 0 Å². The first-order valence-electron chi connectivity index (χ1n) is 8.12. The number of nitrogens with one attached hydrogen (secondary N) is 2. The summed E-state index contributed by atoms with van der Waals surface area (Å²) >= 11 is 0. The molecule has 132 valence electrons. The zero-order valence-corrected chi connectivity index (χ0v) is 17.2. The maximum atomic E-state index is 5.57. The van der Waals surface area contributed by atoms with Gasteiger partial charge >= 0.3 is 0 Å². The van der Waals surface area contributed by atoms with Crippen LogP contribution in [0.5, 0.6) is 0 Å². The molecule has 0 amide bonds. The van der Waals surface area contributed by atoms with Crippen LogP contribution in [0.3, 0.4) is 0 Å². The molecular weight excluding hydrogens is 405 g/mol. The average molecular weight is 435 g/mol. The highest BCUT2D eigenvalue weighted by atomic mass is 127. The molecule has 1 aliphatic carbocycles. The fraction of sp³-hybridized carbons (Fsp3) is 0.750. The number of hydrogen-bond acceptors (Lipinski definition) is 4. The first-order chi connectivity index (χ1) is 10.5. The number of aryl methyl sites for hydroxylation is 2. The highest BCUT2D eigenvalue weighted by molar-refractivity contribution is 14.0. The summed E-state index contributed by atoms with van der Waals surface area (Å²) in [7, 11) is 4.29. The second-order valence-corrected chi connectivity index (χ2v) is 6.19. The fourth-order valence-electron chi connectivity index (χ4n) is 2.55. The van der Waals surface area contributed by atoms with E-state index in [4.69, 9.17) is 4.42 Å². The minimum atomic E-state index is 0. The Morgan fingerprint density at radius 2 is 2.04 bits per heavy atom.